The Hall–Kier alpha value is -1.79. The Morgan fingerprint density at radius 2 is 1.76 bits per heavy atom. The van der Waals surface area contributed by atoms with Gasteiger partial charge in [-0.15, -0.1) is 0 Å². The largest absolute Gasteiger partial charge is 0.480 e. The van der Waals surface area contributed by atoms with E-state index in [0.717, 1.165) is 25.7 Å². The highest BCUT2D eigenvalue weighted by Crippen LogP contribution is 2.26. The van der Waals surface area contributed by atoms with Crippen molar-refractivity contribution in [3.05, 3.63) is 0 Å². The molecular formula is C14H25N3O4. The zero-order valence-electron chi connectivity index (χ0n) is 13.0. The van der Waals surface area contributed by atoms with Crippen LogP contribution < -0.4 is 5.73 Å². The quantitative estimate of drug-likeness (QED) is 0.764. The first kappa shape index (κ1) is 17.3. The van der Waals surface area contributed by atoms with Crippen LogP contribution in [0, 0.1) is 0 Å². The Labute approximate surface area is 125 Å². The van der Waals surface area contributed by atoms with Gasteiger partial charge in [-0.3, -0.25) is 4.79 Å². The molecule has 21 heavy (non-hydrogen) atoms. The van der Waals surface area contributed by atoms with Crippen LogP contribution in [0.4, 0.5) is 4.79 Å². The highest BCUT2D eigenvalue weighted by Gasteiger charge is 2.40. The van der Waals surface area contributed by atoms with Gasteiger partial charge in [0.15, 0.2) is 0 Å². The molecule has 0 heterocycles. The maximum Gasteiger partial charge on any atom is 0.329 e. The molecule has 1 rings (SSSR count). The van der Waals surface area contributed by atoms with E-state index >= 15 is 0 Å². The standard InChI is InChI=1S/C14H25N3O4/c1-4-17(14(2,3)12(19)20)13(21)16(9-11(15)18)10-7-5-6-8-10/h10H,4-9H2,1-3H3,(H2,15,18)(H,19,20). The Morgan fingerprint density at radius 1 is 1.24 bits per heavy atom. The topological polar surface area (TPSA) is 104 Å². The zero-order valence-corrected chi connectivity index (χ0v) is 13.0. The predicted molar refractivity (Wildman–Crippen MR) is 77.6 cm³/mol. The monoisotopic (exact) mass is 299 g/mol. The highest BCUT2D eigenvalue weighted by atomic mass is 16.4. The van der Waals surface area contributed by atoms with Crippen LogP contribution in [0.2, 0.25) is 0 Å². The van der Waals surface area contributed by atoms with Gasteiger partial charge in [-0.25, -0.2) is 9.59 Å². The van der Waals surface area contributed by atoms with E-state index in [9.17, 15) is 19.5 Å². The maximum absolute atomic E-state index is 12.7. The first-order valence-corrected chi connectivity index (χ1v) is 7.31. The average molecular weight is 299 g/mol. The van der Waals surface area contributed by atoms with Gasteiger partial charge in [-0.05, 0) is 33.6 Å². The SMILES string of the molecule is CCN(C(=O)N(CC(N)=O)C1CCCC1)C(C)(C)C(=O)O. The van der Waals surface area contributed by atoms with Crippen molar-refractivity contribution in [1.82, 2.24) is 9.80 Å². The van der Waals surface area contributed by atoms with Crippen molar-refractivity contribution >= 4 is 17.9 Å². The summed E-state index contributed by atoms with van der Waals surface area (Å²) in [6.45, 7) is 4.76. The van der Waals surface area contributed by atoms with Crippen molar-refractivity contribution in [2.45, 2.75) is 58.0 Å². The molecule has 3 N–H and O–H groups in total. The second-order valence-electron chi connectivity index (χ2n) is 5.92. The second kappa shape index (κ2) is 6.78. The summed E-state index contributed by atoms with van der Waals surface area (Å²) in [6, 6.07) is -0.473. The number of aliphatic carboxylic acids is 1. The van der Waals surface area contributed by atoms with Gasteiger partial charge in [0.05, 0.1) is 0 Å². The predicted octanol–water partition coefficient (Wildman–Crippen LogP) is 1.02. The number of carbonyl (C=O) groups excluding carboxylic acids is 2. The van der Waals surface area contributed by atoms with E-state index in [1.54, 1.807) is 6.92 Å². The molecule has 0 saturated heterocycles. The fraction of sp³-hybridized carbons (Fsp3) is 0.786. The van der Waals surface area contributed by atoms with Crippen LogP contribution in [-0.2, 0) is 9.59 Å². The number of urea groups is 1. The minimum atomic E-state index is -1.33. The number of carbonyl (C=O) groups is 3. The van der Waals surface area contributed by atoms with Gasteiger partial charge in [-0.2, -0.15) is 0 Å². The lowest BCUT2D eigenvalue weighted by Gasteiger charge is -2.39. The number of amides is 3. The molecule has 0 aromatic heterocycles. The van der Waals surface area contributed by atoms with Gasteiger partial charge in [0.1, 0.15) is 12.1 Å². The molecule has 0 bridgehead atoms. The molecule has 7 heteroatoms. The summed E-state index contributed by atoms with van der Waals surface area (Å²) in [4.78, 5) is 38.1. The number of nitrogens with two attached hydrogens (primary N) is 1. The highest BCUT2D eigenvalue weighted by molar-refractivity contribution is 5.88. The fourth-order valence-electron chi connectivity index (χ4n) is 2.78. The molecule has 3 amide bonds. The molecule has 0 atom stereocenters. The number of hydrogen-bond acceptors (Lipinski definition) is 3. The van der Waals surface area contributed by atoms with E-state index < -0.39 is 23.4 Å². The fourth-order valence-corrected chi connectivity index (χ4v) is 2.78. The number of likely N-dealkylation sites (N-methyl/N-ethyl adjacent to an activating group) is 1. The lowest BCUT2D eigenvalue weighted by Crippen LogP contribution is -2.59. The van der Waals surface area contributed by atoms with Crippen LogP contribution in [0.1, 0.15) is 46.5 Å². The van der Waals surface area contributed by atoms with Crippen molar-refractivity contribution < 1.29 is 19.5 Å². The van der Waals surface area contributed by atoms with Crippen molar-refractivity contribution in [3.63, 3.8) is 0 Å². The Balaban J connectivity index is 3.01. The average Bonchev–Trinajstić information content (AvgIpc) is 2.89. The summed E-state index contributed by atoms with van der Waals surface area (Å²) in [5.41, 5.74) is 3.91. The Kier molecular flexibility index (Phi) is 5.57. The van der Waals surface area contributed by atoms with Crippen molar-refractivity contribution in [2.24, 2.45) is 5.73 Å². The number of nitrogens with zero attached hydrogens (tertiary/aromatic N) is 2. The second-order valence-corrected chi connectivity index (χ2v) is 5.92. The van der Waals surface area contributed by atoms with Crippen LogP contribution in [0.5, 0.6) is 0 Å². The van der Waals surface area contributed by atoms with E-state index in [1.165, 1.54) is 23.6 Å². The molecule has 0 aliphatic heterocycles. The summed E-state index contributed by atoms with van der Waals surface area (Å²) in [5, 5.41) is 9.32. The van der Waals surface area contributed by atoms with E-state index in [1.807, 2.05) is 0 Å². The van der Waals surface area contributed by atoms with Gasteiger partial charge in [0.25, 0.3) is 0 Å². The molecule has 0 aromatic rings. The maximum atomic E-state index is 12.7. The summed E-state index contributed by atoms with van der Waals surface area (Å²) in [7, 11) is 0. The van der Waals surface area contributed by atoms with Gasteiger partial charge in [0, 0.05) is 12.6 Å². The van der Waals surface area contributed by atoms with Gasteiger partial charge < -0.3 is 20.6 Å². The molecule has 0 unspecified atom stereocenters. The minimum absolute atomic E-state index is 0.0383. The molecule has 0 spiro atoms. The lowest BCUT2D eigenvalue weighted by molar-refractivity contribution is -0.147. The van der Waals surface area contributed by atoms with Crippen LogP contribution in [0.3, 0.4) is 0 Å². The van der Waals surface area contributed by atoms with E-state index in [4.69, 9.17) is 5.73 Å². The van der Waals surface area contributed by atoms with Crippen molar-refractivity contribution in [3.8, 4) is 0 Å². The molecule has 120 valence electrons. The number of carboxylic acid groups (broad SMARTS) is 1. The molecule has 1 fully saturated rings. The molecule has 1 aliphatic carbocycles. The summed E-state index contributed by atoms with van der Waals surface area (Å²) < 4.78 is 0. The third kappa shape index (κ3) is 3.86. The molecular weight excluding hydrogens is 274 g/mol. The number of hydrogen-bond donors (Lipinski definition) is 2. The van der Waals surface area contributed by atoms with Gasteiger partial charge >= 0.3 is 12.0 Å². The summed E-state index contributed by atoms with van der Waals surface area (Å²) in [6.07, 6.45) is 3.65. The molecule has 0 aromatic carbocycles. The first-order chi connectivity index (χ1) is 9.71. The molecule has 1 saturated carbocycles. The summed E-state index contributed by atoms with van der Waals surface area (Å²) in [5.74, 6) is -1.66. The third-order valence-electron chi connectivity index (χ3n) is 4.08. The molecule has 0 radical (unpaired) electrons. The smallest absolute Gasteiger partial charge is 0.329 e. The number of carboxylic acids is 1. The Morgan fingerprint density at radius 3 is 2.14 bits per heavy atom. The van der Waals surface area contributed by atoms with E-state index in [-0.39, 0.29) is 19.1 Å². The van der Waals surface area contributed by atoms with Gasteiger partial charge in [0.2, 0.25) is 5.91 Å². The van der Waals surface area contributed by atoms with E-state index in [0.29, 0.717) is 0 Å². The Bertz CT molecular complexity index is 416. The van der Waals surface area contributed by atoms with Crippen LogP contribution in [-0.4, -0.2) is 57.5 Å². The lowest BCUT2D eigenvalue weighted by atomic mass is 10.0. The van der Waals surface area contributed by atoms with Crippen LogP contribution >= 0.6 is 0 Å². The number of primary amides is 1. The van der Waals surface area contributed by atoms with Gasteiger partial charge in [-0.1, -0.05) is 12.8 Å². The minimum Gasteiger partial charge on any atom is -0.480 e. The number of rotatable bonds is 6. The normalized spacial score (nSPS) is 15.8. The third-order valence-corrected chi connectivity index (χ3v) is 4.08. The van der Waals surface area contributed by atoms with Crippen LogP contribution in [0.25, 0.3) is 0 Å². The summed E-state index contributed by atoms with van der Waals surface area (Å²) >= 11 is 0. The zero-order chi connectivity index (χ0) is 16.2. The molecule has 1 aliphatic rings. The van der Waals surface area contributed by atoms with Crippen molar-refractivity contribution in [1.29, 1.82) is 0 Å². The van der Waals surface area contributed by atoms with Crippen LogP contribution in [0.15, 0.2) is 0 Å². The van der Waals surface area contributed by atoms with E-state index in [2.05, 4.69) is 0 Å². The van der Waals surface area contributed by atoms with Crippen molar-refractivity contribution in [2.75, 3.05) is 13.1 Å². The first-order valence-electron chi connectivity index (χ1n) is 7.31. The molecule has 7 nitrogen and oxygen atoms in total.